The number of anilines is 1. The smallest absolute Gasteiger partial charge is 0.0938 e. The first kappa shape index (κ1) is 9.09. The fourth-order valence-electron chi connectivity index (χ4n) is 1.31. The summed E-state index contributed by atoms with van der Waals surface area (Å²) in [5.74, 6) is 0. The molecule has 0 radical (unpaired) electrons. The van der Waals surface area contributed by atoms with Gasteiger partial charge in [0.05, 0.1) is 16.4 Å². The first-order valence-electron chi connectivity index (χ1n) is 4.22. The van der Waals surface area contributed by atoms with Gasteiger partial charge in [-0.25, -0.2) is 0 Å². The Kier molecular flexibility index (Phi) is 2.17. The molecule has 4 heteroatoms. The molecule has 0 spiro atoms. The summed E-state index contributed by atoms with van der Waals surface area (Å²) in [6.07, 6.45) is 1.87. The minimum absolute atomic E-state index is 0.561. The maximum absolute atomic E-state index is 6.06. The lowest BCUT2D eigenvalue weighted by Crippen LogP contribution is -1.91. The third-order valence-electron chi connectivity index (χ3n) is 2.02. The van der Waals surface area contributed by atoms with E-state index < -0.39 is 0 Å². The molecule has 14 heavy (non-hydrogen) atoms. The van der Waals surface area contributed by atoms with Crippen LogP contribution in [-0.4, -0.2) is 9.78 Å². The topological polar surface area (TPSA) is 43.8 Å². The Hall–Kier alpha value is -1.48. The molecule has 0 bridgehead atoms. The van der Waals surface area contributed by atoms with Crippen molar-refractivity contribution in [2.24, 2.45) is 7.05 Å². The molecule has 0 aliphatic heterocycles. The molecule has 72 valence electrons. The van der Waals surface area contributed by atoms with Gasteiger partial charge in [-0.3, -0.25) is 4.68 Å². The van der Waals surface area contributed by atoms with E-state index in [1.165, 1.54) is 0 Å². The Bertz CT molecular complexity index is 462. The van der Waals surface area contributed by atoms with Gasteiger partial charge >= 0.3 is 0 Å². The Morgan fingerprint density at radius 2 is 2.14 bits per heavy atom. The minimum atomic E-state index is 0.561. The summed E-state index contributed by atoms with van der Waals surface area (Å²) in [4.78, 5) is 0. The SMILES string of the molecule is Cn1ccc(-c2cccc(N)c2Cl)n1. The molecule has 1 aromatic heterocycles. The van der Waals surface area contributed by atoms with Gasteiger partial charge < -0.3 is 5.73 Å². The zero-order valence-corrected chi connectivity index (χ0v) is 8.49. The molecule has 0 saturated heterocycles. The first-order chi connectivity index (χ1) is 6.68. The summed E-state index contributed by atoms with van der Waals surface area (Å²) in [6.45, 7) is 0. The van der Waals surface area contributed by atoms with E-state index >= 15 is 0 Å². The predicted molar refractivity (Wildman–Crippen MR) is 58.1 cm³/mol. The fourth-order valence-corrected chi connectivity index (χ4v) is 1.53. The van der Waals surface area contributed by atoms with Gasteiger partial charge in [0.2, 0.25) is 0 Å². The summed E-state index contributed by atoms with van der Waals surface area (Å²) >= 11 is 6.06. The fraction of sp³-hybridized carbons (Fsp3) is 0.100. The number of halogens is 1. The molecule has 0 atom stereocenters. The van der Waals surface area contributed by atoms with E-state index in [0.717, 1.165) is 11.3 Å². The lowest BCUT2D eigenvalue weighted by molar-refractivity contribution is 0.771. The van der Waals surface area contributed by atoms with Crippen LogP contribution in [0.1, 0.15) is 0 Å². The van der Waals surface area contributed by atoms with Crippen molar-refractivity contribution in [2.45, 2.75) is 0 Å². The number of nitrogens with two attached hydrogens (primary N) is 1. The summed E-state index contributed by atoms with van der Waals surface area (Å²) < 4.78 is 1.73. The van der Waals surface area contributed by atoms with E-state index in [1.54, 1.807) is 10.7 Å². The van der Waals surface area contributed by atoms with Crippen LogP contribution in [0.2, 0.25) is 5.02 Å². The second-order valence-electron chi connectivity index (χ2n) is 3.08. The molecule has 1 aromatic carbocycles. The summed E-state index contributed by atoms with van der Waals surface area (Å²) in [7, 11) is 1.86. The van der Waals surface area contributed by atoms with Gasteiger partial charge in [0, 0.05) is 18.8 Å². The van der Waals surface area contributed by atoms with E-state index in [4.69, 9.17) is 17.3 Å². The first-order valence-corrected chi connectivity index (χ1v) is 4.60. The van der Waals surface area contributed by atoms with E-state index in [-0.39, 0.29) is 0 Å². The lowest BCUT2D eigenvalue weighted by Gasteiger charge is -2.02. The summed E-state index contributed by atoms with van der Waals surface area (Å²) in [6, 6.07) is 7.45. The van der Waals surface area contributed by atoms with Crippen LogP contribution in [0.5, 0.6) is 0 Å². The molecule has 2 rings (SSSR count). The average molecular weight is 208 g/mol. The molecule has 2 aromatic rings. The van der Waals surface area contributed by atoms with Crippen LogP contribution in [0.25, 0.3) is 11.3 Å². The maximum atomic E-state index is 6.06. The molecular weight excluding hydrogens is 198 g/mol. The molecular formula is C10H10ClN3. The number of aryl methyl sites for hydroxylation is 1. The Labute approximate surface area is 87.1 Å². The highest BCUT2D eigenvalue weighted by Gasteiger charge is 2.07. The van der Waals surface area contributed by atoms with E-state index in [9.17, 15) is 0 Å². The number of benzene rings is 1. The molecule has 0 fully saturated rings. The van der Waals surface area contributed by atoms with Gasteiger partial charge in [0.1, 0.15) is 0 Å². The highest BCUT2D eigenvalue weighted by atomic mass is 35.5. The van der Waals surface area contributed by atoms with Crippen molar-refractivity contribution in [3.05, 3.63) is 35.5 Å². The van der Waals surface area contributed by atoms with Crippen molar-refractivity contribution >= 4 is 17.3 Å². The second-order valence-corrected chi connectivity index (χ2v) is 3.46. The second kappa shape index (κ2) is 3.35. The van der Waals surface area contributed by atoms with Crippen molar-refractivity contribution in [1.29, 1.82) is 0 Å². The molecule has 0 aliphatic rings. The van der Waals surface area contributed by atoms with Crippen molar-refractivity contribution in [2.75, 3.05) is 5.73 Å². The molecule has 1 heterocycles. The molecule has 0 amide bonds. The Balaban J connectivity index is 2.57. The number of hydrogen-bond acceptors (Lipinski definition) is 2. The van der Waals surface area contributed by atoms with Crippen LogP contribution in [-0.2, 0) is 7.05 Å². The number of nitrogens with zero attached hydrogens (tertiary/aromatic N) is 2. The normalized spacial score (nSPS) is 10.4. The van der Waals surface area contributed by atoms with Crippen LogP contribution in [0.4, 0.5) is 5.69 Å². The number of nitrogen functional groups attached to an aromatic ring is 1. The minimum Gasteiger partial charge on any atom is -0.398 e. The third-order valence-corrected chi connectivity index (χ3v) is 2.44. The zero-order valence-electron chi connectivity index (χ0n) is 7.74. The summed E-state index contributed by atoms with van der Waals surface area (Å²) in [5, 5.41) is 4.82. The quantitative estimate of drug-likeness (QED) is 0.730. The number of aromatic nitrogens is 2. The highest BCUT2D eigenvalue weighted by Crippen LogP contribution is 2.30. The van der Waals surface area contributed by atoms with Crippen molar-refractivity contribution in [1.82, 2.24) is 9.78 Å². The van der Waals surface area contributed by atoms with Crippen LogP contribution < -0.4 is 5.73 Å². The lowest BCUT2D eigenvalue weighted by atomic mass is 10.1. The standard InChI is InChI=1S/C10H10ClN3/c1-14-6-5-9(13-14)7-3-2-4-8(12)10(7)11/h2-6H,12H2,1H3. The van der Waals surface area contributed by atoms with Gasteiger partial charge in [-0.1, -0.05) is 23.7 Å². The molecule has 0 aliphatic carbocycles. The molecule has 3 nitrogen and oxygen atoms in total. The molecule has 0 unspecified atom stereocenters. The largest absolute Gasteiger partial charge is 0.398 e. The molecule has 0 saturated carbocycles. The van der Waals surface area contributed by atoms with Crippen molar-refractivity contribution < 1.29 is 0 Å². The van der Waals surface area contributed by atoms with Crippen LogP contribution in [0.15, 0.2) is 30.5 Å². The van der Waals surface area contributed by atoms with E-state index in [0.29, 0.717) is 10.7 Å². The van der Waals surface area contributed by atoms with E-state index in [1.807, 2.05) is 31.4 Å². The van der Waals surface area contributed by atoms with Gasteiger partial charge in [-0.2, -0.15) is 5.10 Å². The van der Waals surface area contributed by atoms with Gasteiger partial charge in [0.15, 0.2) is 0 Å². The maximum Gasteiger partial charge on any atom is 0.0938 e. The average Bonchev–Trinajstić information content (AvgIpc) is 2.57. The van der Waals surface area contributed by atoms with Crippen molar-refractivity contribution in [3.63, 3.8) is 0 Å². The van der Waals surface area contributed by atoms with Gasteiger partial charge in [0.25, 0.3) is 0 Å². The number of hydrogen-bond donors (Lipinski definition) is 1. The van der Waals surface area contributed by atoms with Crippen LogP contribution >= 0.6 is 11.6 Å². The predicted octanol–water partition coefficient (Wildman–Crippen LogP) is 2.32. The monoisotopic (exact) mass is 207 g/mol. The Morgan fingerprint density at radius 3 is 2.79 bits per heavy atom. The van der Waals surface area contributed by atoms with Crippen LogP contribution in [0, 0.1) is 0 Å². The molecule has 2 N–H and O–H groups in total. The van der Waals surface area contributed by atoms with Gasteiger partial charge in [-0.15, -0.1) is 0 Å². The number of rotatable bonds is 1. The summed E-state index contributed by atoms with van der Waals surface area (Å²) in [5.41, 5.74) is 7.98. The van der Waals surface area contributed by atoms with Gasteiger partial charge in [-0.05, 0) is 12.1 Å². The van der Waals surface area contributed by atoms with Crippen molar-refractivity contribution in [3.8, 4) is 11.3 Å². The third kappa shape index (κ3) is 1.46. The van der Waals surface area contributed by atoms with Crippen LogP contribution in [0.3, 0.4) is 0 Å². The van der Waals surface area contributed by atoms with E-state index in [2.05, 4.69) is 5.10 Å². The Morgan fingerprint density at radius 1 is 1.36 bits per heavy atom. The zero-order chi connectivity index (χ0) is 10.1. The highest BCUT2D eigenvalue weighted by molar-refractivity contribution is 6.35.